The Bertz CT molecular complexity index is 569. The predicted molar refractivity (Wildman–Crippen MR) is 75.6 cm³/mol. The molecule has 0 aromatic heterocycles. The van der Waals surface area contributed by atoms with Crippen LogP contribution in [-0.2, 0) is 9.47 Å². The molecule has 1 saturated heterocycles. The van der Waals surface area contributed by atoms with Gasteiger partial charge in [0.15, 0.2) is 12.1 Å². The van der Waals surface area contributed by atoms with Crippen molar-refractivity contribution in [2.45, 2.75) is 12.7 Å². The van der Waals surface area contributed by atoms with Gasteiger partial charge in [0, 0.05) is 16.7 Å². The van der Waals surface area contributed by atoms with Crippen molar-refractivity contribution < 1.29 is 14.3 Å². The van der Waals surface area contributed by atoms with Crippen molar-refractivity contribution in [3.05, 3.63) is 71.3 Å². The molecule has 1 aliphatic heterocycles. The zero-order chi connectivity index (χ0) is 13.8. The fourth-order valence-corrected chi connectivity index (χ4v) is 2.23. The number of hydrogen-bond donors (Lipinski definition) is 0. The zero-order valence-electron chi connectivity index (χ0n) is 11.1. The smallest absolute Gasteiger partial charge is 0.193 e. The lowest BCUT2D eigenvalue weighted by molar-refractivity contribution is -0.183. The van der Waals surface area contributed by atoms with E-state index in [0.717, 1.165) is 25.2 Å². The number of ether oxygens (including phenoxy) is 2. The van der Waals surface area contributed by atoms with E-state index in [0.29, 0.717) is 11.1 Å². The zero-order valence-corrected chi connectivity index (χ0v) is 11.1. The maximum atomic E-state index is 12.3. The van der Waals surface area contributed by atoms with Crippen LogP contribution in [0.4, 0.5) is 0 Å². The lowest BCUT2D eigenvalue weighted by atomic mass is 10.0. The summed E-state index contributed by atoms with van der Waals surface area (Å²) in [5.74, 6) is 0.0302. The van der Waals surface area contributed by atoms with E-state index in [1.165, 1.54) is 0 Å². The second kappa shape index (κ2) is 5.99. The van der Waals surface area contributed by atoms with Crippen molar-refractivity contribution in [1.29, 1.82) is 0 Å². The van der Waals surface area contributed by atoms with Crippen molar-refractivity contribution in [3.63, 3.8) is 0 Å². The number of ketones is 1. The van der Waals surface area contributed by atoms with Gasteiger partial charge in [-0.15, -0.1) is 0 Å². The number of benzene rings is 2. The molecule has 2 aromatic carbocycles. The summed E-state index contributed by atoms with van der Waals surface area (Å²) in [6, 6.07) is 16.7. The minimum Gasteiger partial charge on any atom is -0.348 e. The van der Waals surface area contributed by atoms with Gasteiger partial charge in [-0.3, -0.25) is 4.79 Å². The molecule has 102 valence electrons. The molecule has 0 radical (unpaired) electrons. The van der Waals surface area contributed by atoms with Crippen molar-refractivity contribution in [3.8, 4) is 0 Å². The first-order valence-electron chi connectivity index (χ1n) is 6.77. The van der Waals surface area contributed by atoms with Crippen LogP contribution in [0.1, 0.15) is 34.2 Å². The molecule has 0 saturated carbocycles. The quantitative estimate of drug-likeness (QED) is 0.801. The molecule has 2 aromatic rings. The number of carbonyl (C=O) groups is 1. The van der Waals surface area contributed by atoms with Gasteiger partial charge in [0.2, 0.25) is 0 Å². The fourth-order valence-electron chi connectivity index (χ4n) is 2.23. The highest BCUT2D eigenvalue weighted by atomic mass is 16.7. The van der Waals surface area contributed by atoms with E-state index in [4.69, 9.17) is 9.47 Å². The molecule has 0 spiro atoms. The monoisotopic (exact) mass is 268 g/mol. The Morgan fingerprint density at radius 2 is 1.45 bits per heavy atom. The molecule has 1 fully saturated rings. The number of hydrogen-bond acceptors (Lipinski definition) is 3. The Kier molecular flexibility index (Phi) is 3.90. The van der Waals surface area contributed by atoms with Gasteiger partial charge >= 0.3 is 0 Å². The van der Waals surface area contributed by atoms with Crippen molar-refractivity contribution >= 4 is 5.78 Å². The molecule has 20 heavy (non-hydrogen) atoms. The molecule has 0 aliphatic carbocycles. The van der Waals surface area contributed by atoms with Gasteiger partial charge in [0.25, 0.3) is 0 Å². The molecular formula is C17H16O3. The number of carbonyl (C=O) groups excluding carboxylic acids is 1. The molecule has 3 rings (SSSR count). The highest BCUT2D eigenvalue weighted by molar-refractivity contribution is 6.08. The first kappa shape index (κ1) is 13.0. The summed E-state index contributed by atoms with van der Waals surface area (Å²) >= 11 is 0. The Morgan fingerprint density at radius 1 is 0.850 bits per heavy atom. The summed E-state index contributed by atoms with van der Waals surface area (Å²) in [4.78, 5) is 12.3. The highest BCUT2D eigenvalue weighted by Crippen LogP contribution is 2.23. The Labute approximate surface area is 118 Å². The fraction of sp³-hybridized carbons (Fsp3) is 0.235. The third-order valence-electron chi connectivity index (χ3n) is 3.31. The molecular weight excluding hydrogens is 252 g/mol. The van der Waals surface area contributed by atoms with Crippen molar-refractivity contribution in [1.82, 2.24) is 0 Å². The van der Waals surface area contributed by atoms with Gasteiger partial charge in [-0.25, -0.2) is 0 Å². The molecule has 0 N–H and O–H groups in total. The topological polar surface area (TPSA) is 35.5 Å². The first-order valence-corrected chi connectivity index (χ1v) is 6.77. The summed E-state index contributed by atoms with van der Waals surface area (Å²) in [6.45, 7) is 1.44. The van der Waals surface area contributed by atoms with E-state index in [2.05, 4.69) is 0 Å². The minimum atomic E-state index is -0.301. The van der Waals surface area contributed by atoms with Crippen LogP contribution in [0.5, 0.6) is 0 Å². The first-order chi connectivity index (χ1) is 9.84. The van der Waals surface area contributed by atoms with Crippen LogP contribution in [0.15, 0.2) is 54.6 Å². The molecule has 3 heteroatoms. The van der Waals surface area contributed by atoms with Crippen molar-refractivity contribution in [2.75, 3.05) is 13.2 Å². The average Bonchev–Trinajstić information content (AvgIpc) is 2.56. The van der Waals surface area contributed by atoms with Crippen LogP contribution < -0.4 is 0 Å². The molecule has 0 atom stereocenters. The van der Waals surface area contributed by atoms with Gasteiger partial charge in [-0.05, 0) is 6.42 Å². The van der Waals surface area contributed by atoms with E-state index < -0.39 is 0 Å². The Hall–Kier alpha value is -1.97. The third kappa shape index (κ3) is 2.79. The predicted octanol–water partition coefficient (Wildman–Crippen LogP) is 3.35. The maximum Gasteiger partial charge on any atom is 0.193 e. The summed E-state index contributed by atoms with van der Waals surface area (Å²) in [5.41, 5.74) is 2.33. The van der Waals surface area contributed by atoms with Crippen LogP contribution in [0.3, 0.4) is 0 Å². The molecule has 1 aliphatic rings. The molecule has 3 nitrogen and oxygen atoms in total. The van der Waals surface area contributed by atoms with Crippen molar-refractivity contribution in [2.24, 2.45) is 0 Å². The van der Waals surface area contributed by atoms with Gasteiger partial charge in [-0.1, -0.05) is 54.6 Å². The van der Waals surface area contributed by atoms with Gasteiger partial charge in [0.1, 0.15) is 0 Å². The molecule has 0 bridgehead atoms. The van der Waals surface area contributed by atoms with Gasteiger partial charge in [0.05, 0.1) is 13.2 Å². The van der Waals surface area contributed by atoms with E-state index >= 15 is 0 Å². The normalized spacial score (nSPS) is 16.0. The van der Waals surface area contributed by atoms with Gasteiger partial charge < -0.3 is 9.47 Å². The van der Waals surface area contributed by atoms with Gasteiger partial charge in [-0.2, -0.15) is 0 Å². The minimum absolute atomic E-state index is 0.0302. The molecule has 0 amide bonds. The van der Waals surface area contributed by atoms with E-state index in [-0.39, 0.29) is 12.1 Å². The summed E-state index contributed by atoms with van der Waals surface area (Å²) in [7, 11) is 0. The summed E-state index contributed by atoms with van der Waals surface area (Å²) < 4.78 is 11.1. The lowest BCUT2D eigenvalue weighted by Gasteiger charge is -2.23. The van der Waals surface area contributed by atoms with Crippen LogP contribution in [0.2, 0.25) is 0 Å². The largest absolute Gasteiger partial charge is 0.348 e. The second-order valence-corrected chi connectivity index (χ2v) is 4.74. The summed E-state index contributed by atoms with van der Waals surface area (Å²) in [6.07, 6.45) is 0.630. The van der Waals surface area contributed by atoms with Crippen LogP contribution >= 0.6 is 0 Å². The van der Waals surface area contributed by atoms with E-state index in [1.54, 1.807) is 0 Å². The Balaban J connectivity index is 1.77. The molecule has 0 unspecified atom stereocenters. The lowest BCUT2D eigenvalue weighted by Crippen LogP contribution is -2.17. The maximum absolute atomic E-state index is 12.3. The van der Waals surface area contributed by atoms with Crippen LogP contribution in [-0.4, -0.2) is 19.0 Å². The standard InChI is InChI=1S/C17H16O3/c18-16(13-5-2-1-3-6-13)14-7-9-15(10-8-14)17-19-11-4-12-20-17/h1-3,5-10,17H,4,11-12H2. The third-order valence-corrected chi connectivity index (χ3v) is 3.31. The SMILES string of the molecule is O=C(c1ccccc1)c1ccc(C2OCCCO2)cc1. The molecule has 1 heterocycles. The second-order valence-electron chi connectivity index (χ2n) is 4.74. The average molecular weight is 268 g/mol. The van der Waals surface area contributed by atoms with Crippen LogP contribution in [0.25, 0.3) is 0 Å². The highest BCUT2D eigenvalue weighted by Gasteiger charge is 2.17. The van der Waals surface area contributed by atoms with Crippen LogP contribution in [0, 0.1) is 0 Å². The van der Waals surface area contributed by atoms with E-state index in [9.17, 15) is 4.79 Å². The number of rotatable bonds is 3. The summed E-state index contributed by atoms with van der Waals surface area (Å²) in [5, 5.41) is 0. The Morgan fingerprint density at radius 3 is 2.10 bits per heavy atom. The van der Waals surface area contributed by atoms with E-state index in [1.807, 2.05) is 54.6 Å².